The molecule has 31 heavy (non-hydrogen) atoms. The fourth-order valence-corrected chi connectivity index (χ4v) is 3.60. The van der Waals surface area contributed by atoms with Gasteiger partial charge >= 0.3 is 5.97 Å². The molecule has 1 aromatic heterocycles. The van der Waals surface area contributed by atoms with Crippen LogP contribution in [0.5, 0.6) is 5.75 Å². The predicted molar refractivity (Wildman–Crippen MR) is 118 cm³/mol. The minimum Gasteiger partial charge on any atom is -0.493 e. The van der Waals surface area contributed by atoms with E-state index < -0.39 is 5.97 Å². The minimum absolute atomic E-state index is 0.0752. The molecule has 0 atom stereocenters. The number of nitrogens with zero attached hydrogens (tertiary/aromatic N) is 2. The second kappa shape index (κ2) is 9.00. The number of carboxylic acids is 1. The topological polar surface area (TPSA) is 64.4 Å². The van der Waals surface area contributed by atoms with Gasteiger partial charge in [0.1, 0.15) is 11.6 Å². The van der Waals surface area contributed by atoms with Crippen molar-refractivity contribution in [2.45, 2.75) is 19.3 Å². The second-order valence-corrected chi connectivity index (χ2v) is 7.49. The minimum atomic E-state index is -0.821. The van der Waals surface area contributed by atoms with Crippen molar-refractivity contribution in [2.24, 2.45) is 7.05 Å². The van der Waals surface area contributed by atoms with E-state index in [-0.39, 0.29) is 12.2 Å². The van der Waals surface area contributed by atoms with E-state index in [9.17, 15) is 9.18 Å². The fraction of sp³-hybridized carbons (Fsp3) is 0.200. The van der Waals surface area contributed by atoms with E-state index in [1.807, 2.05) is 48.3 Å². The van der Waals surface area contributed by atoms with Crippen molar-refractivity contribution in [2.75, 3.05) is 6.61 Å². The van der Waals surface area contributed by atoms with Crippen LogP contribution in [0.3, 0.4) is 0 Å². The smallest absolute Gasteiger partial charge is 0.303 e. The molecule has 158 valence electrons. The summed E-state index contributed by atoms with van der Waals surface area (Å²) in [6.07, 6.45) is 3.00. The summed E-state index contributed by atoms with van der Waals surface area (Å²) in [5, 5.41) is 14.3. The summed E-state index contributed by atoms with van der Waals surface area (Å²) in [5.41, 5.74) is 4.86. The Bertz CT molecular complexity index is 1220. The molecule has 6 heteroatoms. The molecule has 1 N–H and O–H groups in total. The molecular formula is C25H23FN2O3. The van der Waals surface area contributed by atoms with Crippen molar-refractivity contribution in [3.05, 3.63) is 83.8 Å². The van der Waals surface area contributed by atoms with Crippen LogP contribution in [0.2, 0.25) is 0 Å². The summed E-state index contributed by atoms with van der Waals surface area (Å²) in [7, 11) is 1.90. The third-order valence-electron chi connectivity index (χ3n) is 5.29. The Morgan fingerprint density at radius 1 is 1.03 bits per heavy atom. The van der Waals surface area contributed by atoms with Crippen molar-refractivity contribution in [1.29, 1.82) is 0 Å². The van der Waals surface area contributed by atoms with E-state index in [1.165, 1.54) is 12.1 Å². The van der Waals surface area contributed by atoms with Crippen LogP contribution in [0.25, 0.3) is 22.0 Å². The van der Waals surface area contributed by atoms with Gasteiger partial charge in [-0.3, -0.25) is 9.48 Å². The number of carbonyl (C=O) groups is 1. The molecule has 0 fully saturated rings. The van der Waals surface area contributed by atoms with E-state index in [4.69, 9.17) is 9.84 Å². The quantitative estimate of drug-likeness (QED) is 0.436. The molecule has 0 unspecified atom stereocenters. The van der Waals surface area contributed by atoms with Gasteiger partial charge in [0, 0.05) is 30.8 Å². The van der Waals surface area contributed by atoms with Crippen LogP contribution < -0.4 is 4.74 Å². The Kier molecular flexibility index (Phi) is 5.98. The number of aliphatic carboxylic acids is 1. The lowest BCUT2D eigenvalue weighted by molar-refractivity contribution is -0.136. The molecule has 1 heterocycles. The molecule has 5 nitrogen and oxygen atoms in total. The third-order valence-corrected chi connectivity index (χ3v) is 5.29. The maximum absolute atomic E-state index is 13.1. The monoisotopic (exact) mass is 418 g/mol. The lowest BCUT2D eigenvalue weighted by Gasteiger charge is -2.14. The predicted octanol–water partition coefficient (Wildman–Crippen LogP) is 5.02. The highest BCUT2D eigenvalue weighted by molar-refractivity contribution is 5.86. The lowest BCUT2D eigenvalue weighted by Crippen LogP contribution is -2.03. The maximum Gasteiger partial charge on any atom is 0.303 e. The van der Waals surface area contributed by atoms with E-state index in [0.29, 0.717) is 19.4 Å². The average Bonchev–Trinajstić information content (AvgIpc) is 3.14. The van der Waals surface area contributed by atoms with Crippen molar-refractivity contribution in [1.82, 2.24) is 9.78 Å². The van der Waals surface area contributed by atoms with E-state index in [2.05, 4.69) is 11.2 Å². The molecule has 0 saturated heterocycles. The highest BCUT2D eigenvalue weighted by Crippen LogP contribution is 2.33. The Balaban J connectivity index is 1.61. The number of aromatic nitrogens is 2. The van der Waals surface area contributed by atoms with Gasteiger partial charge in [0.05, 0.1) is 18.3 Å². The SMILES string of the molecule is Cn1ncc2cc(-c3cc(CCC(=O)O)ccc3OCCc3ccc(F)cc3)ccc21. The van der Waals surface area contributed by atoms with E-state index >= 15 is 0 Å². The Morgan fingerprint density at radius 3 is 2.58 bits per heavy atom. The zero-order valence-corrected chi connectivity index (χ0v) is 17.2. The van der Waals surface area contributed by atoms with E-state index in [0.717, 1.165) is 38.9 Å². The molecular weight excluding hydrogens is 395 g/mol. The molecule has 0 saturated carbocycles. The molecule has 0 spiro atoms. The number of ether oxygens (including phenoxy) is 1. The second-order valence-electron chi connectivity index (χ2n) is 7.49. The van der Waals surface area contributed by atoms with Crippen LogP contribution in [0, 0.1) is 5.82 Å². The first kappa shape index (κ1) is 20.6. The largest absolute Gasteiger partial charge is 0.493 e. The van der Waals surface area contributed by atoms with Gasteiger partial charge < -0.3 is 9.84 Å². The molecule has 0 aliphatic heterocycles. The van der Waals surface area contributed by atoms with Crippen molar-refractivity contribution < 1.29 is 19.0 Å². The summed E-state index contributed by atoms with van der Waals surface area (Å²) in [6, 6.07) is 18.3. The number of hydrogen-bond acceptors (Lipinski definition) is 3. The first-order chi connectivity index (χ1) is 15.0. The van der Waals surface area contributed by atoms with Gasteiger partial charge in [-0.05, 0) is 59.5 Å². The molecule has 0 aliphatic rings. The maximum atomic E-state index is 13.1. The van der Waals surface area contributed by atoms with Crippen molar-refractivity contribution in [3.63, 3.8) is 0 Å². The highest BCUT2D eigenvalue weighted by atomic mass is 19.1. The van der Waals surface area contributed by atoms with Gasteiger partial charge in [-0.1, -0.05) is 24.3 Å². The Morgan fingerprint density at radius 2 is 1.81 bits per heavy atom. The molecule has 4 aromatic rings. The number of carboxylic acid groups (broad SMARTS) is 1. The number of rotatable bonds is 8. The normalized spacial score (nSPS) is 11.0. The summed E-state index contributed by atoms with van der Waals surface area (Å²) < 4.78 is 21.0. The van der Waals surface area contributed by atoms with Crippen LogP contribution in [-0.2, 0) is 24.7 Å². The lowest BCUT2D eigenvalue weighted by atomic mass is 9.99. The van der Waals surface area contributed by atoms with Gasteiger partial charge in [0.2, 0.25) is 0 Å². The molecule has 4 rings (SSSR count). The first-order valence-electron chi connectivity index (χ1n) is 10.1. The van der Waals surface area contributed by atoms with Gasteiger partial charge in [-0.2, -0.15) is 5.10 Å². The van der Waals surface area contributed by atoms with Crippen LogP contribution in [0.1, 0.15) is 17.5 Å². The van der Waals surface area contributed by atoms with E-state index in [1.54, 1.807) is 12.1 Å². The van der Waals surface area contributed by atoms with Gasteiger partial charge in [0.15, 0.2) is 0 Å². The summed E-state index contributed by atoms with van der Waals surface area (Å²) in [5.74, 6) is -0.350. The Hall–Kier alpha value is -3.67. The number of hydrogen-bond donors (Lipinski definition) is 1. The molecule has 0 bridgehead atoms. The van der Waals surface area contributed by atoms with Crippen LogP contribution in [0.15, 0.2) is 66.9 Å². The molecule has 3 aromatic carbocycles. The fourth-order valence-electron chi connectivity index (χ4n) is 3.60. The molecule has 0 amide bonds. The molecule has 0 radical (unpaired) electrons. The highest BCUT2D eigenvalue weighted by Gasteiger charge is 2.11. The summed E-state index contributed by atoms with van der Waals surface area (Å²) in [6.45, 7) is 0.447. The van der Waals surface area contributed by atoms with Crippen LogP contribution in [-0.4, -0.2) is 27.5 Å². The number of fused-ring (bicyclic) bond motifs is 1. The number of aryl methyl sites for hydroxylation is 2. The number of halogens is 1. The Labute approximate surface area is 179 Å². The third kappa shape index (κ3) is 4.91. The molecule has 0 aliphatic carbocycles. The zero-order valence-electron chi connectivity index (χ0n) is 17.2. The standard InChI is InChI=1S/C25H23FN2O3/c1-28-23-9-6-19(15-20(23)16-27-28)22-14-18(5-11-25(29)30)4-10-24(22)31-13-12-17-2-7-21(26)8-3-17/h2-4,6-10,14-16H,5,11-13H2,1H3,(H,29,30). The number of benzene rings is 3. The van der Waals surface area contributed by atoms with Crippen LogP contribution in [0.4, 0.5) is 4.39 Å². The van der Waals surface area contributed by atoms with Gasteiger partial charge in [-0.15, -0.1) is 0 Å². The van der Waals surface area contributed by atoms with Crippen LogP contribution >= 0.6 is 0 Å². The average molecular weight is 418 g/mol. The van der Waals surface area contributed by atoms with Gasteiger partial charge in [0.25, 0.3) is 0 Å². The van der Waals surface area contributed by atoms with Crippen molar-refractivity contribution in [3.8, 4) is 16.9 Å². The first-order valence-corrected chi connectivity index (χ1v) is 10.1. The van der Waals surface area contributed by atoms with Gasteiger partial charge in [-0.25, -0.2) is 4.39 Å². The summed E-state index contributed by atoms with van der Waals surface area (Å²) >= 11 is 0. The zero-order chi connectivity index (χ0) is 21.8. The summed E-state index contributed by atoms with van der Waals surface area (Å²) in [4.78, 5) is 11.0. The van der Waals surface area contributed by atoms with Crippen molar-refractivity contribution >= 4 is 16.9 Å².